The van der Waals surface area contributed by atoms with E-state index in [0.717, 1.165) is 16.9 Å². The van der Waals surface area contributed by atoms with Crippen molar-refractivity contribution >= 4 is 16.7 Å². The Balaban J connectivity index is 1.65. The molecule has 6 heteroatoms. The van der Waals surface area contributed by atoms with Gasteiger partial charge >= 0.3 is 0 Å². The van der Waals surface area contributed by atoms with Crippen LogP contribution >= 0.6 is 0 Å². The molecule has 3 rings (SSSR count). The fourth-order valence-electron chi connectivity index (χ4n) is 2.96. The van der Waals surface area contributed by atoms with E-state index in [-0.39, 0.29) is 17.9 Å². The summed E-state index contributed by atoms with van der Waals surface area (Å²) in [5, 5.41) is 10.6. The molecule has 0 bridgehead atoms. The predicted molar refractivity (Wildman–Crippen MR) is 101 cm³/mol. The molecule has 6 nitrogen and oxygen atoms in total. The Morgan fingerprint density at radius 2 is 1.96 bits per heavy atom. The van der Waals surface area contributed by atoms with Crippen molar-refractivity contribution in [2.75, 3.05) is 13.7 Å². The zero-order chi connectivity index (χ0) is 18.5. The van der Waals surface area contributed by atoms with Gasteiger partial charge in [0.05, 0.1) is 24.6 Å². The summed E-state index contributed by atoms with van der Waals surface area (Å²) in [6.07, 6.45) is 0.790. The third kappa shape index (κ3) is 3.91. The van der Waals surface area contributed by atoms with Crippen LogP contribution in [0.5, 0.6) is 5.75 Å². The Morgan fingerprint density at radius 3 is 2.73 bits per heavy atom. The first-order valence-corrected chi connectivity index (χ1v) is 8.45. The highest BCUT2D eigenvalue weighted by molar-refractivity contribution is 5.88. The van der Waals surface area contributed by atoms with E-state index < -0.39 is 0 Å². The second-order valence-corrected chi connectivity index (χ2v) is 6.14. The predicted octanol–water partition coefficient (Wildman–Crippen LogP) is 2.14. The van der Waals surface area contributed by atoms with Crippen LogP contribution in [-0.2, 0) is 17.6 Å². The highest BCUT2D eigenvalue weighted by Gasteiger charge is 2.11. The van der Waals surface area contributed by atoms with E-state index in [1.165, 1.54) is 0 Å². The number of aryl methyl sites for hydroxylation is 1. The summed E-state index contributed by atoms with van der Waals surface area (Å²) in [6.45, 7) is 2.52. The normalized spacial score (nSPS) is 10.7. The van der Waals surface area contributed by atoms with Gasteiger partial charge in [-0.3, -0.25) is 9.59 Å². The number of benzene rings is 2. The van der Waals surface area contributed by atoms with Gasteiger partial charge in [0.1, 0.15) is 5.75 Å². The summed E-state index contributed by atoms with van der Waals surface area (Å²) < 4.78 is 5.36. The van der Waals surface area contributed by atoms with Crippen LogP contribution in [0.15, 0.2) is 47.3 Å². The number of carbonyl (C=O) groups is 1. The maximum atomic E-state index is 12.3. The van der Waals surface area contributed by atoms with Gasteiger partial charge in [-0.1, -0.05) is 35.9 Å². The minimum absolute atomic E-state index is 0.113. The number of aromatic nitrogens is 2. The minimum atomic E-state index is -0.253. The van der Waals surface area contributed by atoms with Crippen LogP contribution < -0.4 is 15.6 Å². The molecule has 0 unspecified atom stereocenters. The zero-order valence-electron chi connectivity index (χ0n) is 14.8. The van der Waals surface area contributed by atoms with Crippen LogP contribution in [0.3, 0.4) is 0 Å². The molecule has 134 valence electrons. The number of nitrogens with zero attached hydrogens (tertiary/aromatic N) is 1. The van der Waals surface area contributed by atoms with E-state index in [4.69, 9.17) is 4.74 Å². The zero-order valence-corrected chi connectivity index (χ0v) is 14.8. The third-order valence-corrected chi connectivity index (χ3v) is 4.26. The molecule has 26 heavy (non-hydrogen) atoms. The highest BCUT2D eigenvalue weighted by Crippen LogP contribution is 2.19. The van der Waals surface area contributed by atoms with Crippen molar-refractivity contribution in [1.29, 1.82) is 0 Å². The van der Waals surface area contributed by atoms with Gasteiger partial charge in [0.25, 0.3) is 5.56 Å². The van der Waals surface area contributed by atoms with Gasteiger partial charge in [-0.05, 0) is 31.0 Å². The number of aromatic amines is 1. The second-order valence-electron chi connectivity index (χ2n) is 6.14. The van der Waals surface area contributed by atoms with E-state index in [9.17, 15) is 9.59 Å². The Hall–Kier alpha value is -3.15. The number of hydrogen-bond donors (Lipinski definition) is 2. The molecular formula is C20H21N3O3. The molecule has 1 heterocycles. The Morgan fingerprint density at radius 1 is 1.19 bits per heavy atom. The molecule has 0 fully saturated rings. The van der Waals surface area contributed by atoms with Crippen LogP contribution in [0.1, 0.15) is 16.8 Å². The number of fused-ring (bicyclic) bond motifs is 1. The molecule has 2 N–H and O–H groups in total. The van der Waals surface area contributed by atoms with Crippen molar-refractivity contribution in [2.45, 2.75) is 19.8 Å². The molecule has 1 aromatic heterocycles. The smallest absolute Gasteiger partial charge is 0.272 e. The average Bonchev–Trinajstić information content (AvgIpc) is 2.64. The van der Waals surface area contributed by atoms with Gasteiger partial charge in [0.2, 0.25) is 5.91 Å². The van der Waals surface area contributed by atoms with E-state index in [1.807, 2.05) is 25.1 Å². The van der Waals surface area contributed by atoms with Gasteiger partial charge in [-0.15, -0.1) is 0 Å². The van der Waals surface area contributed by atoms with Gasteiger partial charge in [0, 0.05) is 11.9 Å². The van der Waals surface area contributed by atoms with Crippen LogP contribution in [0.2, 0.25) is 0 Å². The van der Waals surface area contributed by atoms with Crippen molar-refractivity contribution in [3.05, 3.63) is 69.6 Å². The fourth-order valence-corrected chi connectivity index (χ4v) is 2.96. The third-order valence-electron chi connectivity index (χ3n) is 4.26. The fraction of sp³-hybridized carbons (Fsp3) is 0.250. The van der Waals surface area contributed by atoms with Crippen molar-refractivity contribution < 1.29 is 9.53 Å². The number of rotatable bonds is 6. The molecule has 0 aliphatic heterocycles. The molecule has 0 aliphatic rings. The molecule has 0 radical (unpaired) electrons. The van der Waals surface area contributed by atoms with Crippen LogP contribution in [0.4, 0.5) is 0 Å². The topological polar surface area (TPSA) is 84.1 Å². The lowest BCUT2D eigenvalue weighted by Gasteiger charge is -2.10. The molecule has 0 atom stereocenters. The Kier molecular flexibility index (Phi) is 5.31. The van der Waals surface area contributed by atoms with Gasteiger partial charge in [-0.2, -0.15) is 5.10 Å². The van der Waals surface area contributed by atoms with E-state index in [2.05, 4.69) is 21.6 Å². The summed E-state index contributed by atoms with van der Waals surface area (Å²) in [7, 11) is 1.64. The monoisotopic (exact) mass is 351 g/mol. The maximum absolute atomic E-state index is 12.3. The maximum Gasteiger partial charge on any atom is 0.272 e. The summed E-state index contributed by atoms with van der Waals surface area (Å²) in [4.78, 5) is 24.1. The first-order chi connectivity index (χ1) is 12.6. The molecule has 0 spiro atoms. The number of amides is 1. The van der Waals surface area contributed by atoms with Crippen LogP contribution in [0, 0.1) is 6.92 Å². The average molecular weight is 351 g/mol. The molecule has 0 saturated carbocycles. The van der Waals surface area contributed by atoms with Crippen molar-refractivity contribution in [3.63, 3.8) is 0 Å². The van der Waals surface area contributed by atoms with Gasteiger partial charge in [0.15, 0.2) is 0 Å². The number of hydrogen-bond acceptors (Lipinski definition) is 4. The van der Waals surface area contributed by atoms with E-state index >= 15 is 0 Å². The number of nitrogens with one attached hydrogen (secondary N) is 2. The van der Waals surface area contributed by atoms with Crippen molar-refractivity contribution in [2.24, 2.45) is 0 Å². The minimum Gasteiger partial charge on any atom is -0.496 e. The second kappa shape index (κ2) is 7.82. The molecule has 0 aliphatic carbocycles. The lowest BCUT2D eigenvalue weighted by Crippen LogP contribution is -2.28. The van der Waals surface area contributed by atoms with E-state index in [1.54, 1.807) is 25.3 Å². The summed E-state index contributed by atoms with van der Waals surface area (Å²) >= 11 is 0. The van der Waals surface area contributed by atoms with Gasteiger partial charge in [-0.25, -0.2) is 5.10 Å². The molecule has 3 aromatic rings. The SMILES string of the molecule is COc1ccc(C)cc1CCNC(=O)Cc1n[nH]c(=O)c2ccccc12. The highest BCUT2D eigenvalue weighted by atomic mass is 16.5. The summed E-state index contributed by atoms with van der Waals surface area (Å²) in [5.74, 6) is 0.680. The molecule has 1 amide bonds. The Bertz CT molecular complexity index is 995. The standard InChI is InChI=1S/C20H21N3O3/c1-13-7-8-18(26-2)14(11-13)9-10-21-19(24)12-17-15-5-3-4-6-16(15)20(25)23-22-17/h3-8,11H,9-10,12H2,1-2H3,(H,21,24)(H,23,25). The molecule has 0 saturated heterocycles. The quantitative estimate of drug-likeness (QED) is 0.713. The largest absolute Gasteiger partial charge is 0.496 e. The first kappa shape index (κ1) is 17.7. The van der Waals surface area contributed by atoms with E-state index in [0.29, 0.717) is 29.4 Å². The lowest BCUT2D eigenvalue weighted by molar-refractivity contribution is -0.120. The number of carbonyl (C=O) groups excluding carboxylic acids is 1. The summed E-state index contributed by atoms with van der Waals surface area (Å²) in [5.41, 5.74) is 2.51. The summed E-state index contributed by atoms with van der Waals surface area (Å²) in [6, 6.07) is 13.1. The number of H-pyrrole nitrogens is 1. The van der Waals surface area contributed by atoms with Crippen LogP contribution in [0.25, 0.3) is 10.8 Å². The van der Waals surface area contributed by atoms with Gasteiger partial charge < -0.3 is 10.1 Å². The molecular weight excluding hydrogens is 330 g/mol. The lowest BCUT2D eigenvalue weighted by atomic mass is 10.1. The Labute approximate surface area is 151 Å². The van der Waals surface area contributed by atoms with Crippen molar-refractivity contribution in [3.8, 4) is 5.75 Å². The molecule has 2 aromatic carbocycles. The number of methoxy groups -OCH3 is 1. The first-order valence-electron chi connectivity index (χ1n) is 8.45. The van der Waals surface area contributed by atoms with Crippen LogP contribution in [-0.4, -0.2) is 29.8 Å². The number of ether oxygens (including phenoxy) is 1. The van der Waals surface area contributed by atoms with Crippen molar-refractivity contribution in [1.82, 2.24) is 15.5 Å².